The Morgan fingerprint density at radius 2 is 1.93 bits per heavy atom. The van der Waals surface area contributed by atoms with Gasteiger partial charge in [-0.25, -0.2) is 4.98 Å². The van der Waals surface area contributed by atoms with E-state index in [2.05, 4.69) is 20.4 Å². The van der Waals surface area contributed by atoms with Gasteiger partial charge in [0.1, 0.15) is 11.3 Å². The Kier molecular flexibility index (Phi) is 5.10. The molecule has 3 N–H and O–H groups in total. The predicted molar refractivity (Wildman–Crippen MR) is 97.3 cm³/mol. The first-order chi connectivity index (χ1) is 13.6. The van der Waals surface area contributed by atoms with Crippen LogP contribution < -0.4 is 11.1 Å². The molecule has 0 aliphatic rings. The Morgan fingerprint density at radius 3 is 2.55 bits per heavy atom. The highest BCUT2D eigenvalue weighted by atomic mass is 19.4. The number of aromatic nitrogens is 4. The van der Waals surface area contributed by atoms with Gasteiger partial charge in [-0.3, -0.25) is 19.3 Å². The van der Waals surface area contributed by atoms with E-state index < -0.39 is 23.6 Å². The number of nitrogen functional groups attached to an aromatic ring is 1. The average Bonchev–Trinajstić information content (AvgIpc) is 3.05. The lowest BCUT2D eigenvalue weighted by atomic mass is 10.2. The minimum absolute atomic E-state index is 0.146. The summed E-state index contributed by atoms with van der Waals surface area (Å²) in [7, 11) is 2.99. The highest BCUT2D eigenvalue weighted by Gasteiger charge is 2.30. The lowest BCUT2D eigenvalue weighted by Crippen LogP contribution is -2.36. The summed E-state index contributed by atoms with van der Waals surface area (Å²) in [4.78, 5) is 33.3. The number of fused-ring (bicyclic) bond motifs is 1. The summed E-state index contributed by atoms with van der Waals surface area (Å²) in [6.07, 6.45) is -1.05. The summed E-state index contributed by atoms with van der Waals surface area (Å²) >= 11 is 0. The summed E-state index contributed by atoms with van der Waals surface area (Å²) in [6.45, 7) is -0.146. The maximum atomic E-state index is 12.6. The van der Waals surface area contributed by atoms with Gasteiger partial charge in [0.15, 0.2) is 0 Å². The van der Waals surface area contributed by atoms with Crippen LogP contribution in [0.25, 0.3) is 10.9 Å². The molecule has 0 aliphatic carbocycles. The lowest BCUT2D eigenvalue weighted by molar-refractivity contribution is -0.142. The molecule has 3 aromatic heterocycles. The molecule has 12 heteroatoms. The van der Waals surface area contributed by atoms with Gasteiger partial charge in [-0.2, -0.15) is 18.3 Å². The van der Waals surface area contributed by atoms with Crippen LogP contribution in [-0.4, -0.2) is 43.5 Å². The number of alkyl halides is 3. The van der Waals surface area contributed by atoms with Crippen LogP contribution >= 0.6 is 0 Å². The third-order valence-electron chi connectivity index (χ3n) is 4.14. The largest absolute Gasteiger partial charge is 0.417 e. The summed E-state index contributed by atoms with van der Waals surface area (Å²) < 4.78 is 39.2. The van der Waals surface area contributed by atoms with Gasteiger partial charge in [-0.05, 0) is 12.1 Å². The van der Waals surface area contributed by atoms with E-state index in [0.29, 0.717) is 17.1 Å². The number of nitrogens with one attached hydrogen (secondary N) is 1. The Morgan fingerprint density at radius 1 is 1.21 bits per heavy atom. The number of amides is 2. The van der Waals surface area contributed by atoms with Crippen molar-refractivity contribution in [1.82, 2.24) is 24.6 Å². The van der Waals surface area contributed by atoms with Crippen LogP contribution in [0.3, 0.4) is 0 Å². The monoisotopic (exact) mass is 407 g/mol. The number of anilines is 2. The number of carbonyl (C=O) groups excluding carboxylic acids is 2. The molecule has 0 saturated carbocycles. The Bertz CT molecular complexity index is 1080. The molecule has 3 rings (SSSR count). The average molecular weight is 407 g/mol. The van der Waals surface area contributed by atoms with Gasteiger partial charge < -0.3 is 16.0 Å². The smallest absolute Gasteiger partial charge is 0.382 e. The van der Waals surface area contributed by atoms with E-state index in [1.54, 1.807) is 7.05 Å². The predicted octanol–water partition coefficient (Wildman–Crippen LogP) is 1.56. The molecule has 3 heterocycles. The van der Waals surface area contributed by atoms with Crippen molar-refractivity contribution in [2.24, 2.45) is 7.05 Å². The van der Waals surface area contributed by atoms with E-state index in [4.69, 9.17) is 5.73 Å². The van der Waals surface area contributed by atoms with Gasteiger partial charge in [0, 0.05) is 25.7 Å². The van der Waals surface area contributed by atoms with Gasteiger partial charge in [-0.15, -0.1) is 0 Å². The number of likely N-dealkylation sites (N-methyl/N-ethyl adjacent to an activating group) is 1. The molecule has 0 bridgehead atoms. The molecule has 0 unspecified atom stereocenters. The van der Waals surface area contributed by atoms with Crippen molar-refractivity contribution in [3.8, 4) is 0 Å². The molecule has 0 radical (unpaired) electrons. The maximum absolute atomic E-state index is 12.6. The van der Waals surface area contributed by atoms with Crippen molar-refractivity contribution < 1.29 is 22.8 Å². The van der Waals surface area contributed by atoms with Crippen LogP contribution in [0, 0.1) is 0 Å². The van der Waals surface area contributed by atoms with Gasteiger partial charge in [0.05, 0.1) is 35.9 Å². The van der Waals surface area contributed by atoms with Crippen molar-refractivity contribution in [2.45, 2.75) is 12.7 Å². The molecule has 2 amide bonds. The fraction of sp³-hybridized carbons (Fsp3) is 0.235. The Hall–Kier alpha value is -3.70. The van der Waals surface area contributed by atoms with Crippen LogP contribution in [0.1, 0.15) is 11.3 Å². The van der Waals surface area contributed by atoms with Crippen LogP contribution in [0.4, 0.5) is 24.7 Å². The molecule has 0 aromatic carbocycles. The van der Waals surface area contributed by atoms with E-state index in [1.165, 1.54) is 24.1 Å². The second-order valence-electron chi connectivity index (χ2n) is 6.24. The van der Waals surface area contributed by atoms with E-state index in [1.807, 2.05) is 0 Å². The molecular formula is C17H16F3N7O2. The number of hydrogen-bond donors (Lipinski definition) is 2. The third kappa shape index (κ3) is 4.10. The number of nitrogens with zero attached hydrogens (tertiary/aromatic N) is 5. The number of hydrogen-bond acceptors (Lipinski definition) is 6. The minimum Gasteiger partial charge on any atom is -0.382 e. The quantitative estimate of drug-likeness (QED) is 0.636. The minimum atomic E-state index is -4.50. The Balaban J connectivity index is 1.70. The second-order valence-corrected chi connectivity index (χ2v) is 6.24. The summed E-state index contributed by atoms with van der Waals surface area (Å²) in [6, 6.07) is 2.01. The SMILES string of the molecule is CN(Cc1ccc(C(F)(F)F)cn1)C(=O)C(=O)Nc1cnc(N)c2c1cnn2C. The number of carbonyl (C=O) groups is 2. The van der Waals surface area contributed by atoms with Gasteiger partial charge >= 0.3 is 18.0 Å². The second kappa shape index (κ2) is 7.37. The summed E-state index contributed by atoms with van der Waals surface area (Å²) in [5, 5.41) is 7.00. The molecular weight excluding hydrogens is 391 g/mol. The van der Waals surface area contributed by atoms with E-state index >= 15 is 0 Å². The normalized spacial score (nSPS) is 11.5. The van der Waals surface area contributed by atoms with Crippen molar-refractivity contribution in [3.05, 3.63) is 42.0 Å². The standard InChI is InChI=1S/C17H16F3N7O2/c1-26(8-10-4-3-9(5-22-10)17(18,19)20)16(29)15(28)25-12-7-23-14(21)13-11(12)6-24-27(13)2/h3-7H,8H2,1-2H3,(H2,21,23)(H,25,28). The Labute approximate surface area is 162 Å². The fourth-order valence-corrected chi connectivity index (χ4v) is 2.65. The van der Waals surface area contributed by atoms with Crippen molar-refractivity contribution >= 4 is 34.2 Å². The number of aryl methyl sites for hydroxylation is 1. The number of nitrogens with two attached hydrogens (primary N) is 1. The van der Waals surface area contributed by atoms with E-state index in [0.717, 1.165) is 17.0 Å². The van der Waals surface area contributed by atoms with Crippen molar-refractivity contribution in [1.29, 1.82) is 0 Å². The fourth-order valence-electron chi connectivity index (χ4n) is 2.65. The van der Waals surface area contributed by atoms with E-state index in [9.17, 15) is 22.8 Å². The molecule has 0 saturated heterocycles. The first-order valence-electron chi connectivity index (χ1n) is 8.22. The highest BCUT2D eigenvalue weighted by Crippen LogP contribution is 2.28. The molecule has 0 spiro atoms. The van der Waals surface area contributed by atoms with Gasteiger partial charge in [0.2, 0.25) is 0 Å². The highest BCUT2D eigenvalue weighted by molar-refractivity contribution is 6.40. The topological polar surface area (TPSA) is 119 Å². The van der Waals surface area contributed by atoms with Gasteiger partial charge in [0.25, 0.3) is 0 Å². The zero-order valence-electron chi connectivity index (χ0n) is 15.4. The van der Waals surface area contributed by atoms with Crippen molar-refractivity contribution in [3.63, 3.8) is 0 Å². The first-order valence-corrected chi connectivity index (χ1v) is 8.22. The van der Waals surface area contributed by atoms with Crippen LogP contribution in [0.15, 0.2) is 30.7 Å². The summed E-state index contributed by atoms with van der Waals surface area (Å²) in [5.74, 6) is -1.63. The molecule has 0 aliphatic heterocycles. The zero-order valence-corrected chi connectivity index (χ0v) is 15.4. The van der Waals surface area contributed by atoms with Crippen molar-refractivity contribution in [2.75, 3.05) is 18.1 Å². The van der Waals surface area contributed by atoms with E-state index in [-0.39, 0.29) is 23.7 Å². The molecule has 0 atom stereocenters. The summed E-state index contributed by atoms with van der Waals surface area (Å²) in [5.41, 5.74) is 5.85. The molecule has 0 fully saturated rings. The molecule has 152 valence electrons. The number of pyridine rings is 2. The number of rotatable bonds is 3. The third-order valence-corrected chi connectivity index (χ3v) is 4.14. The van der Waals surface area contributed by atoms with Gasteiger partial charge in [-0.1, -0.05) is 0 Å². The lowest BCUT2D eigenvalue weighted by Gasteiger charge is -2.17. The molecule has 9 nitrogen and oxygen atoms in total. The van der Waals surface area contributed by atoms with Crippen LogP contribution in [-0.2, 0) is 29.4 Å². The molecule has 3 aromatic rings. The maximum Gasteiger partial charge on any atom is 0.417 e. The molecule has 29 heavy (non-hydrogen) atoms. The zero-order chi connectivity index (χ0) is 21.3. The number of halogens is 3. The van der Waals surface area contributed by atoms with Crippen LogP contribution in [0.5, 0.6) is 0 Å². The van der Waals surface area contributed by atoms with Crippen LogP contribution in [0.2, 0.25) is 0 Å². The first kappa shape index (κ1) is 20.0.